The molecule has 1 heterocycles. The molecule has 4 heteroatoms. The summed E-state index contributed by atoms with van der Waals surface area (Å²) < 4.78 is 0. The third kappa shape index (κ3) is 5.30. The van der Waals surface area contributed by atoms with Crippen molar-refractivity contribution < 1.29 is 4.79 Å². The first-order chi connectivity index (χ1) is 8.29. The monoisotopic (exact) mass is 258 g/mol. The van der Waals surface area contributed by atoms with Gasteiger partial charge in [-0.3, -0.25) is 4.79 Å². The fourth-order valence-corrected chi connectivity index (χ4v) is 3.03. The molecule has 0 bridgehead atoms. The third-order valence-electron chi connectivity index (χ3n) is 3.11. The van der Waals surface area contributed by atoms with Gasteiger partial charge in [0.1, 0.15) is 0 Å². The van der Waals surface area contributed by atoms with E-state index in [1.54, 1.807) is 11.8 Å². The summed E-state index contributed by atoms with van der Waals surface area (Å²) in [6.45, 7) is 7.35. The Kier molecular flexibility index (Phi) is 7.69. The minimum atomic E-state index is 0.345. The Morgan fingerprint density at radius 3 is 2.59 bits per heavy atom. The lowest BCUT2D eigenvalue weighted by Crippen LogP contribution is -2.47. The van der Waals surface area contributed by atoms with Crippen LogP contribution in [-0.4, -0.2) is 48.0 Å². The number of amides is 1. The first-order valence-corrected chi connectivity index (χ1v) is 8.03. The van der Waals surface area contributed by atoms with Crippen LogP contribution >= 0.6 is 11.8 Å². The Morgan fingerprint density at radius 2 is 2.00 bits per heavy atom. The van der Waals surface area contributed by atoms with E-state index in [4.69, 9.17) is 0 Å². The highest BCUT2D eigenvalue weighted by Crippen LogP contribution is 2.15. The zero-order chi connectivity index (χ0) is 12.5. The van der Waals surface area contributed by atoms with E-state index < -0.39 is 0 Å². The van der Waals surface area contributed by atoms with E-state index in [2.05, 4.69) is 24.1 Å². The second-order valence-corrected chi connectivity index (χ2v) is 5.73. The van der Waals surface area contributed by atoms with Crippen molar-refractivity contribution in [2.24, 2.45) is 0 Å². The van der Waals surface area contributed by atoms with Crippen LogP contribution in [0.4, 0.5) is 0 Å². The lowest BCUT2D eigenvalue weighted by Gasteiger charge is -2.34. The molecule has 3 nitrogen and oxygen atoms in total. The molecule has 1 rings (SSSR count). The molecule has 100 valence electrons. The van der Waals surface area contributed by atoms with Gasteiger partial charge in [-0.2, -0.15) is 11.8 Å². The minimum Gasteiger partial charge on any atom is -0.339 e. The predicted octanol–water partition coefficient (Wildman–Crippen LogP) is 2.12. The number of thioether (sulfide) groups is 1. The maximum absolute atomic E-state index is 12.2. The van der Waals surface area contributed by atoms with E-state index in [9.17, 15) is 4.79 Å². The standard InChI is InChI=1S/C13H26N2OS/c1-3-9-15(12-5-7-14-8-6-12)13(16)11-17-10-4-2/h12,14H,3-11H2,1-2H3. The topological polar surface area (TPSA) is 32.3 Å². The molecule has 1 N–H and O–H groups in total. The van der Waals surface area contributed by atoms with Crippen LogP contribution in [0, 0.1) is 0 Å². The Labute approximate surface area is 110 Å². The summed E-state index contributed by atoms with van der Waals surface area (Å²) in [7, 11) is 0. The van der Waals surface area contributed by atoms with Gasteiger partial charge in [-0.05, 0) is 44.5 Å². The Morgan fingerprint density at radius 1 is 1.29 bits per heavy atom. The number of hydrogen-bond donors (Lipinski definition) is 1. The summed E-state index contributed by atoms with van der Waals surface area (Å²) in [4.78, 5) is 14.3. The van der Waals surface area contributed by atoms with Crippen LogP contribution in [0.25, 0.3) is 0 Å². The number of carbonyl (C=O) groups excluding carboxylic acids is 1. The molecule has 1 aliphatic heterocycles. The molecule has 1 aliphatic rings. The van der Waals surface area contributed by atoms with Crippen LogP contribution < -0.4 is 5.32 Å². The number of hydrogen-bond acceptors (Lipinski definition) is 3. The largest absolute Gasteiger partial charge is 0.339 e. The molecular weight excluding hydrogens is 232 g/mol. The highest BCUT2D eigenvalue weighted by molar-refractivity contribution is 7.99. The molecule has 0 aromatic heterocycles. The van der Waals surface area contributed by atoms with E-state index >= 15 is 0 Å². The molecule has 0 unspecified atom stereocenters. The first kappa shape index (κ1) is 14.8. The second kappa shape index (κ2) is 8.81. The van der Waals surface area contributed by atoms with Gasteiger partial charge < -0.3 is 10.2 Å². The Hall–Kier alpha value is -0.220. The number of nitrogens with zero attached hydrogens (tertiary/aromatic N) is 1. The van der Waals surface area contributed by atoms with Gasteiger partial charge in [0.15, 0.2) is 0 Å². The van der Waals surface area contributed by atoms with Crippen molar-refractivity contribution in [1.82, 2.24) is 10.2 Å². The molecule has 1 fully saturated rings. The number of nitrogens with one attached hydrogen (secondary N) is 1. The summed E-state index contributed by atoms with van der Waals surface area (Å²) >= 11 is 1.77. The summed E-state index contributed by atoms with van der Waals surface area (Å²) in [5.41, 5.74) is 0. The SMILES string of the molecule is CCCSCC(=O)N(CCC)C1CCNCC1. The average molecular weight is 258 g/mol. The number of rotatable bonds is 7. The smallest absolute Gasteiger partial charge is 0.232 e. The highest BCUT2D eigenvalue weighted by atomic mass is 32.2. The summed E-state index contributed by atoms with van der Waals surface area (Å²) in [6, 6.07) is 0.478. The lowest BCUT2D eigenvalue weighted by atomic mass is 10.0. The first-order valence-electron chi connectivity index (χ1n) is 6.87. The van der Waals surface area contributed by atoms with Crippen molar-refractivity contribution in [3.8, 4) is 0 Å². The van der Waals surface area contributed by atoms with Gasteiger partial charge in [-0.25, -0.2) is 0 Å². The quantitative estimate of drug-likeness (QED) is 0.710. The molecule has 17 heavy (non-hydrogen) atoms. The van der Waals surface area contributed by atoms with E-state index in [0.717, 1.165) is 51.1 Å². The second-order valence-electron chi connectivity index (χ2n) is 4.62. The van der Waals surface area contributed by atoms with Crippen molar-refractivity contribution in [1.29, 1.82) is 0 Å². The Balaban J connectivity index is 2.42. The molecular formula is C13H26N2OS. The predicted molar refractivity (Wildman–Crippen MR) is 75.5 cm³/mol. The van der Waals surface area contributed by atoms with E-state index in [-0.39, 0.29) is 0 Å². The summed E-state index contributed by atoms with van der Waals surface area (Å²) in [6.07, 6.45) is 4.45. The van der Waals surface area contributed by atoms with Crippen LogP contribution in [0.15, 0.2) is 0 Å². The molecule has 0 aliphatic carbocycles. The van der Waals surface area contributed by atoms with Gasteiger partial charge in [0.25, 0.3) is 0 Å². The molecule has 1 saturated heterocycles. The highest BCUT2D eigenvalue weighted by Gasteiger charge is 2.24. The van der Waals surface area contributed by atoms with E-state index in [1.807, 2.05) is 0 Å². The fraction of sp³-hybridized carbons (Fsp3) is 0.923. The van der Waals surface area contributed by atoms with Crippen LogP contribution in [0.5, 0.6) is 0 Å². The molecule has 0 atom stereocenters. The minimum absolute atomic E-state index is 0.345. The zero-order valence-electron chi connectivity index (χ0n) is 11.2. The maximum atomic E-state index is 12.2. The fourth-order valence-electron chi connectivity index (χ4n) is 2.26. The van der Waals surface area contributed by atoms with Gasteiger partial charge in [0.05, 0.1) is 5.75 Å². The van der Waals surface area contributed by atoms with Crippen molar-refractivity contribution >= 4 is 17.7 Å². The number of piperidine rings is 1. The number of carbonyl (C=O) groups is 1. The third-order valence-corrected chi connectivity index (χ3v) is 4.26. The van der Waals surface area contributed by atoms with Crippen LogP contribution in [0.3, 0.4) is 0 Å². The van der Waals surface area contributed by atoms with Crippen molar-refractivity contribution in [3.63, 3.8) is 0 Å². The van der Waals surface area contributed by atoms with Gasteiger partial charge in [0, 0.05) is 12.6 Å². The lowest BCUT2D eigenvalue weighted by molar-refractivity contribution is -0.131. The van der Waals surface area contributed by atoms with Crippen LogP contribution in [0.2, 0.25) is 0 Å². The molecule has 0 spiro atoms. The maximum Gasteiger partial charge on any atom is 0.232 e. The van der Waals surface area contributed by atoms with Crippen molar-refractivity contribution in [2.45, 2.75) is 45.6 Å². The van der Waals surface area contributed by atoms with E-state index in [1.165, 1.54) is 0 Å². The van der Waals surface area contributed by atoms with Crippen molar-refractivity contribution in [2.75, 3.05) is 31.1 Å². The zero-order valence-corrected chi connectivity index (χ0v) is 12.0. The molecule has 0 saturated carbocycles. The average Bonchev–Trinajstić information content (AvgIpc) is 2.37. The molecule has 0 aromatic rings. The van der Waals surface area contributed by atoms with Crippen LogP contribution in [0.1, 0.15) is 39.5 Å². The van der Waals surface area contributed by atoms with Gasteiger partial charge in [0.2, 0.25) is 5.91 Å². The van der Waals surface area contributed by atoms with E-state index in [0.29, 0.717) is 17.7 Å². The van der Waals surface area contributed by atoms with Gasteiger partial charge >= 0.3 is 0 Å². The van der Waals surface area contributed by atoms with Gasteiger partial charge in [-0.1, -0.05) is 13.8 Å². The summed E-state index contributed by atoms with van der Waals surface area (Å²) in [5.74, 6) is 2.10. The molecule has 0 radical (unpaired) electrons. The van der Waals surface area contributed by atoms with Crippen molar-refractivity contribution in [3.05, 3.63) is 0 Å². The molecule has 1 amide bonds. The normalized spacial score (nSPS) is 17.1. The summed E-state index contributed by atoms with van der Waals surface area (Å²) in [5, 5.41) is 3.36. The molecule has 0 aromatic carbocycles. The van der Waals surface area contributed by atoms with Gasteiger partial charge in [-0.15, -0.1) is 0 Å². The Bertz CT molecular complexity index is 217. The van der Waals surface area contributed by atoms with Crippen LogP contribution in [-0.2, 0) is 4.79 Å².